The summed E-state index contributed by atoms with van der Waals surface area (Å²) >= 11 is 0. The number of carboxylic acids is 1. The third-order valence-corrected chi connectivity index (χ3v) is 5.68. The minimum absolute atomic E-state index is 0.0374. The first-order valence-corrected chi connectivity index (χ1v) is 10.9. The number of hydrogen-bond acceptors (Lipinski definition) is 6. The van der Waals surface area contributed by atoms with Gasteiger partial charge in [-0.3, -0.25) is 9.59 Å². The number of aliphatic carboxylic acids is 1. The van der Waals surface area contributed by atoms with Gasteiger partial charge < -0.3 is 24.8 Å². The van der Waals surface area contributed by atoms with Crippen LogP contribution in [-0.2, 0) is 19.1 Å². The van der Waals surface area contributed by atoms with Crippen molar-refractivity contribution in [3.8, 4) is 17.2 Å². The molecule has 0 spiro atoms. The van der Waals surface area contributed by atoms with Crippen molar-refractivity contribution in [3.63, 3.8) is 0 Å². The molecular weight excluding hydrogens is 438 g/mol. The first kappa shape index (κ1) is 24.7. The van der Waals surface area contributed by atoms with Crippen molar-refractivity contribution in [1.82, 2.24) is 10.2 Å². The maximum atomic E-state index is 12.9. The maximum absolute atomic E-state index is 12.9. The van der Waals surface area contributed by atoms with Gasteiger partial charge in [0, 0.05) is 26.1 Å². The minimum atomic E-state index is -1.33. The second kappa shape index (κ2) is 11.8. The first-order chi connectivity index (χ1) is 16.5. The lowest BCUT2D eigenvalue weighted by molar-refractivity contribution is -0.142. The molecule has 9 heteroatoms. The molecule has 0 aliphatic heterocycles. The van der Waals surface area contributed by atoms with E-state index in [9.17, 15) is 19.5 Å². The summed E-state index contributed by atoms with van der Waals surface area (Å²) < 4.78 is 10.4. The van der Waals surface area contributed by atoms with Crippen LogP contribution in [0.1, 0.15) is 29.9 Å². The number of nitrogens with zero attached hydrogens (tertiary/aromatic N) is 2. The van der Waals surface area contributed by atoms with Gasteiger partial charge in [-0.05, 0) is 22.3 Å². The Balaban J connectivity index is 1.69. The van der Waals surface area contributed by atoms with E-state index in [1.165, 1.54) is 12.0 Å². The molecule has 0 fully saturated rings. The van der Waals surface area contributed by atoms with Crippen LogP contribution in [0.15, 0.2) is 48.5 Å². The number of carboxylic acid groups (broad SMARTS) is 1. The highest BCUT2D eigenvalue weighted by atomic mass is 16.5. The van der Waals surface area contributed by atoms with E-state index >= 15 is 0 Å². The topological polar surface area (TPSA) is 129 Å². The summed E-state index contributed by atoms with van der Waals surface area (Å²) in [7, 11) is 1.47. The zero-order valence-electron chi connectivity index (χ0n) is 18.9. The SMILES string of the molecule is COCCN(CCC#N)C(=O)C(CC(=O)O)NC(=O)OCC1c2ccccc2-c2ccccc21. The minimum Gasteiger partial charge on any atom is -0.481 e. The summed E-state index contributed by atoms with van der Waals surface area (Å²) in [5.41, 5.74) is 4.24. The van der Waals surface area contributed by atoms with Gasteiger partial charge in [-0.2, -0.15) is 5.26 Å². The third-order valence-electron chi connectivity index (χ3n) is 5.68. The Kier molecular flexibility index (Phi) is 8.60. The Morgan fingerprint density at radius 1 is 1.09 bits per heavy atom. The van der Waals surface area contributed by atoms with Gasteiger partial charge >= 0.3 is 12.1 Å². The number of carbonyl (C=O) groups is 3. The van der Waals surface area contributed by atoms with Crippen LogP contribution in [-0.4, -0.2) is 67.4 Å². The second-order valence-corrected chi connectivity index (χ2v) is 7.85. The number of nitrogens with one attached hydrogen (secondary N) is 1. The van der Waals surface area contributed by atoms with Gasteiger partial charge in [-0.15, -0.1) is 0 Å². The highest BCUT2D eigenvalue weighted by Gasteiger charge is 2.31. The van der Waals surface area contributed by atoms with Gasteiger partial charge in [0.05, 0.1) is 25.5 Å². The molecule has 3 rings (SSSR count). The number of alkyl carbamates (subject to hydrolysis) is 1. The van der Waals surface area contributed by atoms with Crippen LogP contribution < -0.4 is 5.32 Å². The number of benzene rings is 2. The Morgan fingerprint density at radius 3 is 2.26 bits per heavy atom. The quantitative estimate of drug-likeness (QED) is 0.522. The third kappa shape index (κ3) is 5.91. The van der Waals surface area contributed by atoms with Crippen molar-refractivity contribution in [1.29, 1.82) is 5.26 Å². The van der Waals surface area contributed by atoms with E-state index in [1.807, 2.05) is 54.6 Å². The fraction of sp³-hybridized carbons (Fsp3) is 0.360. The van der Waals surface area contributed by atoms with Crippen molar-refractivity contribution in [2.45, 2.75) is 24.8 Å². The average Bonchev–Trinajstić information content (AvgIpc) is 3.15. The highest BCUT2D eigenvalue weighted by Crippen LogP contribution is 2.44. The molecular formula is C25H27N3O6. The number of ether oxygens (including phenoxy) is 2. The summed E-state index contributed by atoms with van der Waals surface area (Å²) in [4.78, 5) is 38.2. The fourth-order valence-electron chi connectivity index (χ4n) is 4.10. The van der Waals surface area contributed by atoms with Gasteiger partial charge in [0.25, 0.3) is 0 Å². The summed E-state index contributed by atoms with van der Waals surface area (Å²) in [6.07, 6.45) is -1.42. The standard InChI is InChI=1S/C25H27N3O6/c1-33-14-13-28(12-6-11-26)24(31)22(15-23(29)30)27-25(32)34-16-21-19-9-4-2-7-17(19)18-8-3-5-10-20(18)21/h2-5,7-10,21-22H,6,12-16H2,1H3,(H,27,32)(H,29,30). The van der Waals surface area contributed by atoms with Crippen molar-refractivity contribution in [2.75, 3.05) is 33.4 Å². The Morgan fingerprint density at radius 2 is 1.71 bits per heavy atom. The van der Waals surface area contributed by atoms with Gasteiger partial charge in [0.1, 0.15) is 12.6 Å². The number of rotatable bonds is 11. The summed E-state index contributed by atoms with van der Waals surface area (Å²) in [6, 6.07) is 16.4. The molecule has 0 heterocycles. The largest absolute Gasteiger partial charge is 0.481 e. The van der Waals surface area contributed by atoms with Crippen molar-refractivity contribution in [3.05, 3.63) is 59.7 Å². The Hall–Kier alpha value is -3.90. The summed E-state index contributed by atoms with van der Waals surface area (Å²) in [5, 5.41) is 20.5. The number of methoxy groups -OCH3 is 1. The van der Waals surface area contributed by atoms with Crippen molar-refractivity contribution in [2.24, 2.45) is 0 Å². The first-order valence-electron chi connectivity index (χ1n) is 10.9. The van der Waals surface area contributed by atoms with E-state index in [-0.39, 0.29) is 38.6 Å². The molecule has 1 unspecified atom stereocenters. The van der Waals surface area contributed by atoms with Crippen LogP contribution in [0, 0.1) is 11.3 Å². The van der Waals surface area contributed by atoms with E-state index in [4.69, 9.17) is 14.7 Å². The lowest BCUT2D eigenvalue weighted by Crippen LogP contribution is -2.50. The van der Waals surface area contributed by atoms with E-state index in [0.717, 1.165) is 22.3 Å². The van der Waals surface area contributed by atoms with Crippen LogP contribution in [0.4, 0.5) is 4.79 Å². The maximum Gasteiger partial charge on any atom is 0.407 e. The molecule has 178 valence electrons. The van der Waals surface area contributed by atoms with Crippen LogP contribution in [0.5, 0.6) is 0 Å². The number of nitriles is 1. The van der Waals surface area contributed by atoms with Gasteiger partial charge in [-0.25, -0.2) is 4.79 Å². The van der Waals surface area contributed by atoms with Gasteiger partial charge in [0.2, 0.25) is 5.91 Å². The molecule has 0 bridgehead atoms. The molecule has 2 amide bonds. The average molecular weight is 466 g/mol. The molecule has 9 nitrogen and oxygen atoms in total. The normalized spacial score (nSPS) is 12.7. The Labute approximate surface area is 197 Å². The molecule has 1 atom stereocenters. The van der Waals surface area contributed by atoms with E-state index in [2.05, 4.69) is 5.32 Å². The van der Waals surface area contributed by atoms with Crippen LogP contribution >= 0.6 is 0 Å². The van der Waals surface area contributed by atoms with Gasteiger partial charge in [-0.1, -0.05) is 48.5 Å². The molecule has 2 aromatic rings. The number of amides is 2. The van der Waals surface area contributed by atoms with Gasteiger partial charge in [0.15, 0.2) is 0 Å². The monoisotopic (exact) mass is 465 g/mol. The molecule has 2 aromatic carbocycles. The fourth-order valence-corrected chi connectivity index (χ4v) is 4.10. The summed E-state index contributed by atoms with van der Waals surface area (Å²) in [6.45, 7) is 0.512. The van der Waals surface area contributed by atoms with Crippen molar-refractivity contribution >= 4 is 18.0 Å². The molecule has 0 aromatic heterocycles. The molecule has 1 aliphatic carbocycles. The Bertz CT molecular complexity index is 1030. The van der Waals surface area contributed by atoms with Crippen molar-refractivity contribution < 1.29 is 29.0 Å². The van der Waals surface area contributed by atoms with Crippen LogP contribution in [0.25, 0.3) is 11.1 Å². The van der Waals surface area contributed by atoms with Crippen LogP contribution in [0.2, 0.25) is 0 Å². The predicted octanol–water partition coefficient (Wildman–Crippen LogP) is 2.76. The molecule has 1 aliphatic rings. The number of hydrogen-bond donors (Lipinski definition) is 2. The van der Waals surface area contributed by atoms with E-state index < -0.39 is 30.4 Å². The number of fused-ring (bicyclic) bond motifs is 3. The number of carbonyl (C=O) groups excluding carboxylic acids is 2. The van der Waals surface area contributed by atoms with Crippen LogP contribution in [0.3, 0.4) is 0 Å². The highest BCUT2D eigenvalue weighted by molar-refractivity contribution is 5.89. The smallest absolute Gasteiger partial charge is 0.407 e. The zero-order valence-corrected chi connectivity index (χ0v) is 18.9. The van der Waals surface area contributed by atoms with E-state index in [0.29, 0.717) is 0 Å². The molecule has 0 saturated carbocycles. The molecule has 0 radical (unpaired) electrons. The zero-order chi connectivity index (χ0) is 24.5. The molecule has 34 heavy (non-hydrogen) atoms. The van der Waals surface area contributed by atoms with E-state index in [1.54, 1.807) is 0 Å². The molecule has 2 N–H and O–H groups in total. The molecule has 0 saturated heterocycles. The second-order valence-electron chi connectivity index (χ2n) is 7.85. The predicted molar refractivity (Wildman–Crippen MR) is 123 cm³/mol. The summed E-state index contributed by atoms with van der Waals surface area (Å²) in [5.74, 6) is -2.02. The lowest BCUT2D eigenvalue weighted by atomic mass is 9.98. The lowest BCUT2D eigenvalue weighted by Gasteiger charge is -2.26.